The number of hydrogen-bond acceptors (Lipinski definition) is 4. The number of halogens is 1. The molecule has 0 aliphatic rings. The number of nitrogens with one attached hydrogen (secondary N) is 1. The maximum Gasteiger partial charge on any atom is 0.240 e. The lowest BCUT2D eigenvalue weighted by atomic mass is 10.2. The van der Waals surface area contributed by atoms with E-state index in [1.54, 1.807) is 18.2 Å². The van der Waals surface area contributed by atoms with Gasteiger partial charge in [0.15, 0.2) is 0 Å². The minimum atomic E-state index is -3.85. The van der Waals surface area contributed by atoms with Crippen LogP contribution in [0.3, 0.4) is 0 Å². The Bertz CT molecular complexity index is 732. The van der Waals surface area contributed by atoms with Crippen molar-refractivity contribution in [1.29, 1.82) is 0 Å². The number of primary sulfonamides is 1. The van der Waals surface area contributed by atoms with Gasteiger partial charge < -0.3 is 11.1 Å². The van der Waals surface area contributed by atoms with Crippen molar-refractivity contribution < 1.29 is 8.42 Å². The molecule has 0 fully saturated rings. The largest absolute Gasteiger partial charge is 0.399 e. The van der Waals surface area contributed by atoms with Crippen molar-refractivity contribution in [3.8, 4) is 0 Å². The van der Waals surface area contributed by atoms with E-state index in [4.69, 9.17) is 22.5 Å². The Morgan fingerprint density at radius 2 is 1.85 bits per heavy atom. The number of rotatable bonds is 4. The summed E-state index contributed by atoms with van der Waals surface area (Å²) in [5, 5.41) is 8.79. The zero-order valence-corrected chi connectivity index (χ0v) is 12.1. The van der Waals surface area contributed by atoms with E-state index in [2.05, 4.69) is 5.32 Å². The standard InChI is InChI=1S/C13H14ClN3O2S/c14-11-4-2-1-3-9(11)8-17-12-6-5-10(15)7-13(12)20(16,18)19/h1-7,17H,8,15H2,(H2,16,18,19). The highest BCUT2D eigenvalue weighted by Gasteiger charge is 2.14. The van der Waals surface area contributed by atoms with E-state index in [1.165, 1.54) is 6.07 Å². The topological polar surface area (TPSA) is 98.2 Å². The summed E-state index contributed by atoms with van der Waals surface area (Å²) in [5.41, 5.74) is 7.16. The van der Waals surface area contributed by atoms with Crippen LogP contribution >= 0.6 is 11.6 Å². The van der Waals surface area contributed by atoms with E-state index in [1.807, 2.05) is 18.2 Å². The number of nitrogen functional groups attached to an aromatic ring is 1. The van der Waals surface area contributed by atoms with Crippen molar-refractivity contribution in [1.82, 2.24) is 0 Å². The van der Waals surface area contributed by atoms with Crippen LogP contribution in [0.15, 0.2) is 47.4 Å². The van der Waals surface area contributed by atoms with Crippen LogP contribution in [0.5, 0.6) is 0 Å². The first kappa shape index (κ1) is 14.6. The molecular weight excluding hydrogens is 298 g/mol. The molecule has 0 aliphatic carbocycles. The molecular formula is C13H14ClN3O2S. The molecule has 5 nitrogen and oxygen atoms in total. The monoisotopic (exact) mass is 311 g/mol. The van der Waals surface area contributed by atoms with Gasteiger partial charge in [0.2, 0.25) is 10.0 Å². The van der Waals surface area contributed by atoms with Gasteiger partial charge in [0.05, 0.1) is 5.69 Å². The molecule has 7 heteroatoms. The second kappa shape index (κ2) is 5.70. The highest BCUT2D eigenvalue weighted by molar-refractivity contribution is 7.89. The Hall–Kier alpha value is -1.76. The molecule has 0 saturated carbocycles. The van der Waals surface area contributed by atoms with Crippen LogP contribution in [-0.2, 0) is 16.6 Å². The van der Waals surface area contributed by atoms with Crippen LogP contribution in [0.4, 0.5) is 11.4 Å². The summed E-state index contributed by atoms with van der Waals surface area (Å²) in [7, 11) is -3.85. The zero-order valence-electron chi connectivity index (χ0n) is 10.5. The van der Waals surface area contributed by atoms with Crippen LogP contribution in [0.2, 0.25) is 5.02 Å². The number of hydrogen-bond donors (Lipinski definition) is 3. The highest BCUT2D eigenvalue weighted by atomic mass is 35.5. The van der Waals surface area contributed by atoms with Crippen molar-refractivity contribution in [2.75, 3.05) is 11.1 Å². The average molecular weight is 312 g/mol. The minimum absolute atomic E-state index is 0.0375. The number of benzene rings is 2. The first-order valence-corrected chi connectivity index (χ1v) is 7.70. The maximum atomic E-state index is 11.5. The second-order valence-electron chi connectivity index (χ2n) is 4.25. The van der Waals surface area contributed by atoms with E-state index in [0.717, 1.165) is 5.56 Å². The smallest absolute Gasteiger partial charge is 0.240 e. The molecule has 5 N–H and O–H groups in total. The lowest BCUT2D eigenvalue weighted by Crippen LogP contribution is -2.15. The fraction of sp³-hybridized carbons (Fsp3) is 0.0769. The molecule has 0 atom stereocenters. The van der Waals surface area contributed by atoms with Crippen molar-refractivity contribution in [2.24, 2.45) is 5.14 Å². The van der Waals surface area contributed by atoms with E-state index >= 15 is 0 Å². The predicted molar refractivity (Wildman–Crippen MR) is 81.0 cm³/mol. The summed E-state index contributed by atoms with van der Waals surface area (Å²) in [6.45, 7) is 0.381. The van der Waals surface area contributed by atoms with Gasteiger partial charge in [-0.05, 0) is 29.8 Å². The third-order valence-electron chi connectivity index (χ3n) is 2.74. The Kier molecular flexibility index (Phi) is 4.17. The molecule has 2 aromatic carbocycles. The molecule has 0 heterocycles. The minimum Gasteiger partial charge on any atom is -0.399 e. The van der Waals surface area contributed by atoms with E-state index in [0.29, 0.717) is 22.9 Å². The fourth-order valence-corrected chi connectivity index (χ4v) is 2.70. The Morgan fingerprint density at radius 1 is 1.15 bits per heavy atom. The zero-order chi connectivity index (χ0) is 14.8. The highest BCUT2D eigenvalue weighted by Crippen LogP contribution is 2.24. The SMILES string of the molecule is Nc1ccc(NCc2ccccc2Cl)c(S(N)(=O)=O)c1. The number of sulfonamides is 1. The van der Waals surface area contributed by atoms with E-state index < -0.39 is 10.0 Å². The molecule has 0 unspecified atom stereocenters. The third-order valence-corrected chi connectivity index (χ3v) is 4.06. The van der Waals surface area contributed by atoms with Crippen LogP contribution in [0.25, 0.3) is 0 Å². The van der Waals surface area contributed by atoms with Crippen molar-refractivity contribution in [3.63, 3.8) is 0 Å². The van der Waals surface area contributed by atoms with Crippen LogP contribution in [0, 0.1) is 0 Å². The third kappa shape index (κ3) is 3.41. The molecule has 0 amide bonds. The van der Waals surface area contributed by atoms with Crippen molar-refractivity contribution in [3.05, 3.63) is 53.1 Å². The van der Waals surface area contributed by atoms with E-state index in [9.17, 15) is 8.42 Å². The molecule has 0 radical (unpaired) electrons. The number of nitrogens with two attached hydrogens (primary N) is 2. The van der Waals surface area contributed by atoms with Gasteiger partial charge in [-0.3, -0.25) is 0 Å². The maximum absolute atomic E-state index is 11.5. The Balaban J connectivity index is 2.29. The fourth-order valence-electron chi connectivity index (χ4n) is 1.75. The predicted octanol–water partition coefficient (Wildman–Crippen LogP) is 2.18. The van der Waals surface area contributed by atoms with Gasteiger partial charge in [-0.15, -0.1) is 0 Å². The second-order valence-corrected chi connectivity index (χ2v) is 6.18. The summed E-state index contributed by atoms with van der Waals surface area (Å²) in [6.07, 6.45) is 0. The van der Waals surface area contributed by atoms with Gasteiger partial charge in [0.1, 0.15) is 4.90 Å². The van der Waals surface area contributed by atoms with Gasteiger partial charge in [-0.25, -0.2) is 13.6 Å². The first-order chi connectivity index (χ1) is 9.38. The summed E-state index contributed by atoms with van der Waals surface area (Å²) in [5.74, 6) is 0. The molecule has 2 rings (SSSR count). The summed E-state index contributed by atoms with van der Waals surface area (Å²) >= 11 is 6.04. The van der Waals surface area contributed by atoms with Gasteiger partial charge in [0.25, 0.3) is 0 Å². The Morgan fingerprint density at radius 3 is 2.50 bits per heavy atom. The quantitative estimate of drug-likeness (QED) is 0.754. The summed E-state index contributed by atoms with van der Waals surface area (Å²) in [6, 6.07) is 11.8. The lowest BCUT2D eigenvalue weighted by molar-refractivity contribution is 0.598. The number of anilines is 2. The summed E-state index contributed by atoms with van der Waals surface area (Å²) < 4.78 is 23.1. The Labute approximate surface area is 122 Å². The van der Waals surface area contributed by atoms with Gasteiger partial charge in [0, 0.05) is 17.3 Å². The molecule has 106 valence electrons. The van der Waals surface area contributed by atoms with Crippen LogP contribution < -0.4 is 16.2 Å². The molecule has 0 saturated heterocycles. The molecule has 0 bridgehead atoms. The molecule has 0 aromatic heterocycles. The first-order valence-electron chi connectivity index (χ1n) is 5.77. The average Bonchev–Trinajstić information content (AvgIpc) is 2.38. The molecule has 0 spiro atoms. The van der Waals surface area contributed by atoms with Crippen LogP contribution in [-0.4, -0.2) is 8.42 Å². The van der Waals surface area contributed by atoms with Gasteiger partial charge >= 0.3 is 0 Å². The summed E-state index contributed by atoms with van der Waals surface area (Å²) in [4.78, 5) is -0.0375. The van der Waals surface area contributed by atoms with Crippen molar-refractivity contribution in [2.45, 2.75) is 11.4 Å². The lowest BCUT2D eigenvalue weighted by Gasteiger charge is -2.12. The van der Waals surface area contributed by atoms with Gasteiger partial charge in [-0.2, -0.15) is 0 Å². The normalized spacial score (nSPS) is 11.3. The van der Waals surface area contributed by atoms with Crippen LogP contribution in [0.1, 0.15) is 5.56 Å². The van der Waals surface area contributed by atoms with E-state index in [-0.39, 0.29) is 4.90 Å². The molecule has 0 aliphatic heterocycles. The molecule has 20 heavy (non-hydrogen) atoms. The van der Waals surface area contributed by atoms with Gasteiger partial charge in [-0.1, -0.05) is 29.8 Å². The van der Waals surface area contributed by atoms with Crippen molar-refractivity contribution >= 4 is 33.0 Å². The molecule has 2 aromatic rings.